The number of anilines is 1. The molecule has 0 radical (unpaired) electrons. The van der Waals surface area contributed by atoms with Crippen LogP contribution in [0.2, 0.25) is 5.22 Å². The van der Waals surface area contributed by atoms with Crippen molar-refractivity contribution in [3.63, 3.8) is 0 Å². The molecule has 0 aliphatic carbocycles. The molecule has 0 unspecified atom stereocenters. The van der Waals surface area contributed by atoms with E-state index in [2.05, 4.69) is 17.2 Å². The Balaban J connectivity index is 2.24. The van der Waals surface area contributed by atoms with Crippen molar-refractivity contribution in [2.45, 2.75) is 0 Å². The van der Waals surface area contributed by atoms with Crippen LogP contribution in [0.25, 0.3) is 0 Å². The van der Waals surface area contributed by atoms with Gasteiger partial charge in [-0.05, 0) is 29.8 Å². The fraction of sp³-hybridized carbons (Fsp3) is 0.0714. The number of halogens is 1. The minimum atomic E-state index is -0.347. The van der Waals surface area contributed by atoms with Crippen molar-refractivity contribution in [3.8, 4) is 11.8 Å². The van der Waals surface area contributed by atoms with Crippen LogP contribution in [0.3, 0.4) is 0 Å². The quantitative estimate of drug-likeness (QED) is 0.827. The molecule has 2 rings (SSSR count). The molecule has 96 valence electrons. The summed E-state index contributed by atoms with van der Waals surface area (Å²) in [5.41, 5.74) is 6.91. The summed E-state index contributed by atoms with van der Waals surface area (Å²) in [6, 6.07) is 8.70. The lowest BCUT2D eigenvalue weighted by atomic mass is 10.1. The molecule has 0 bridgehead atoms. The molecule has 3 N–H and O–H groups in total. The van der Waals surface area contributed by atoms with Crippen LogP contribution in [0.1, 0.15) is 15.9 Å². The van der Waals surface area contributed by atoms with Gasteiger partial charge in [0, 0.05) is 5.56 Å². The normalized spacial score (nSPS) is 9.58. The number of nitrogens with two attached hydrogens (primary N) is 1. The highest BCUT2D eigenvalue weighted by Gasteiger charge is 2.13. The van der Waals surface area contributed by atoms with Crippen molar-refractivity contribution in [1.82, 2.24) is 0 Å². The highest BCUT2D eigenvalue weighted by Crippen LogP contribution is 2.20. The van der Waals surface area contributed by atoms with Gasteiger partial charge >= 0.3 is 0 Å². The Labute approximate surface area is 115 Å². The van der Waals surface area contributed by atoms with Crippen LogP contribution in [0.4, 0.5) is 5.69 Å². The van der Waals surface area contributed by atoms with E-state index in [1.54, 1.807) is 18.2 Å². The lowest BCUT2D eigenvalue weighted by Crippen LogP contribution is -2.12. The third-order valence-corrected chi connectivity index (χ3v) is 2.66. The smallest absolute Gasteiger partial charge is 0.260 e. The van der Waals surface area contributed by atoms with Crippen LogP contribution in [0.5, 0.6) is 0 Å². The molecule has 1 amide bonds. The lowest BCUT2D eigenvalue weighted by molar-refractivity contribution is 0.102. The summed E-state index contributed by atoms with van der Waals surface area (Å²) < 4.78 is 4.88. The number of furan rings is 1. The molecule has 4 nitrogen and oxygen atoms in total. The van der Waals surface area contributed by atoms with E-state index >= 15 is 0 Å². The average Bonchev–Trinajstić information content (AvgIpc) is 2.84. The van der Waals surface area contributed by atoms with Crippen molar-refractivity contribution in [2.24, 2.45) is 5.73 Å². The molecule has 0 saturated carbocycles. The van der Waals surface area contributed by atoms with E-state index < -0.39 is 0 Å². The first kappa shape index (κ1) is 13.2. The van der Waals surface area contributed by atoms with Gasteiger partial charge in [0.2, 0.25) is 5.22 Å². The molecular weight excluding hydrogens is 264 g/mol. The van der Waals surface area contributed by atoms with Crippen molar-refractivity contribution in [1.29, 1.82) is 0 Å². The van der Waals surface area contributed by atoms with Gasteiger partial charge in [0.15, 0.2) is 0 Å². The number of hydrogen-bond acceptors (Lipinski definition) is 3. The summed E-state index contributed by atoms with van der Waals surface area (Å²) in [5, 5.41) is 2.79. The molecule has 0 saturated heterocycles. The van der Waals surface area contributed by atoms with E-state index in [9.17, 15) is 4.79 Å². The fourth-order valence-electron chi connectivity index (χ4n) is 1.49. The van der Waals surface area contributed by atoms with Crippen molar-refractivity contribution < 1.29 is 9.21 Å². The van der Waals surface area contributed by atoms with E-state index in [1.807, 2.05) is 6.07 Å². The maximum absolute atomic E-state index is 12.0. The number of carbonyl (C=O) groups is 1. The van der Waals surface area contributed by atoms with E-state index in [0.29, 0.717) is 11.3 Å². The monoisotopic (exact) mass is 274 g/mol. The Morgan fingerprint density at radius 2 is 2.16 bits per heavy atom. The first-order valence-electron chi connectivity index (χ1n) is 5.54. The Hall–Kier alpha value is -2.22. The second-order valence-electron chi connectivity index (χ2n) is 3.61. The van der Waals surface area contributed by atoms with E-state index in [0.717, 1.165) is 0 Å². The SMILES string of the molecule is NCC#Cc1ccccc1NC(=O)c1ccoc1Cl. The first-order valence-corrected chi connectivity index (χ1v) is 5.92. The molecule has 0 aliphatic heterocycles. The minimum Gasteiger partial charge on any atom is -0.452 e. The summed E-state index contributed by atoms with van der Waals surface area (Å²) >= 11 is 5.75. The van der Waals surface area contributed by atoms with Crippen molar-refractivity contribution >= 4 is 23.2 Å². The fourth-order valence-corrected chi connectivity index (χ4v) is 1.69. The molecule has 19 heavy (non-hydrogen) atoms. The minimum absolute atomic E-state index is 0.0584. The Morgan fingerprint density at radius 3 is 2.84 bits per heavy atom. The molecule has 0 aliphatic rings. The van der Waals surface area contributed by atoms with Crippen LogP contribution >= 0.6 is 11.6 Å². The summed E-state index contributed by atoms with van der Waals surface area (Å²) in [6.45, 7) is 0.260. The van der Waals surface area contributed by atoms with Crippen LogP contribution in [0.15, 0.2) is 41.0 Å². The molecule has 2 aromatic rings. The number of amides is 1. The van der Waals surface area contributed by atoms with Crippen LogP contribution < -0.4 is 11.1 Å². The number of benzene rings is 1. The number of carbonyl (C=O) groups excluding carboxylic acids is 1. The second kappa shape index (κ2) is 6.10. The maximum Gasteiger partial charge on any atom is 0.260 e. The summed E-state index contributed by atoms with van der Waals surface area (Å²) in [7, 11) is 0. The van der Waals surface area contributed by atoms with E-state index in [1.165, 1.54) is 12.3 Å². The van der Waals surface area contributed by atoms with Gasteiger partial charge in [-0.3, -0.25) is 4.79 Å². The topological polar surface area (TPSA) is 68.3 Å². The Morgan fingerprint density at radius 1 is 1.37 bits per heavy atom. The molecule has 0 atom stereocenters. The highest BCUT2D eigenvalue weighted by atomic mass is 35.5. The predicted octanol–water partition coefficient (Wildman–Crippen LogP) is 2.50. The van der Waals surface area contributed by atoms with Crippen LogP contribution in [-0.2, 0) is 0 Å². The summed E-state index contributed by atoms with van der Waals surface area (Å²) in [5.74, 6) is 5.29. The lowest BCUT2D eigenvalue weighted by Gasteiger charge is -2.06. The van der Waals surface area contributed by atoms with Gasteiger partial charge in [0.1, 0.15) is 0 Å². The zero-order valence-corrected chi connectivity index (χ0v) is 10.7. The van der Waals surface area contributed by atoms with Crippen molar-refractivity contribution in [2.75, 3.05) is 11.9 Å². The largest absolute Gasteiger partial charge is 0.452 e. The third kappa shape index (κ3) is 3.16. The molecule has 1 heterocycles. The van der Waals surface area contributed by atoms with Gasteiger partial charge in [-0.1, -0.05) is 24.0 Å². The van der Waals surface area contributed by atoms with Gasteiger partial charge in [-0.2, -0.15) is 0 Å². The zero-order chi connectivity index (χ0) is 13.7. The number of nitrogens with one attached hydrogen (secondary N) is 1. The first-order chi connectivity index (χ1) is 9.22. The standard InChI is InChI=1S/C14H11ClN2O2/c15-13-11(7-9-19-13)14(18)17-12-6-2-1-4-10(12)5-3-8-16/h1-2,4,6-7,9H,8,16H2,(H,17,18). The Kier molecular flexibility index (Phi) is 4.24. The van der Waals surface area contributed by atoms with Gasteiger partial charge < -0.3 is 15.5 Å². The van der Waals surface area contributed by atoms with Crippen molar-refractivity contribution in [3.05, 3.63) is 52.9 Å². The molecular formula is C14H11ClN2O2. The van der Waals surface area contributed by atoms with Gasteiger partial charge in [-0.15, -0.1) is 0 Å². The van der Waals surface area contributed by atoms with E-state index in [-0.39, 0.29) is 23.2 Å². The molecule has 5 heteroatoms. The van der Waals surface area contributed by atoms with Gasteiger partial charge in [0.25, 0.3) is 5.91 Å². The molecule has 1 aromatic heterocycles. The molecule has 0 fully saturated rings. The molecule has 1 aromatic carbocycles. The van der Waals surface area contributed by atoms with E-state index in [4.69, 9.17) is 21.8 Å². The number of para-hydroxylation sites is 1. The maximum atomic E-state index is 12.0. The molecule has 0 spiro atoms. The number of hydrogen-bond donors (Lipinski definition) is 2. The van der Waals surface area contributed by atoms with Crippen LogP contribution in [0, 0.1) is 11.8 Å². The third-order valence-electron chi connectivity index (χ3n) is 2.36. The second-order valence-corrected chi connectivity index (χ2v) is 3.96. The number of rotatable bonds is 2. The summed E-state index contributed by atoms with van der Waals surface area (Å²) in [6.07, 6.45) is 1.36. The average molecular weight is 275 g/mol. The van der Waals surface area contributed by atoms with Gasteiger partial charge in [-0.25, -0.2) is 0 Å². The predicted molar refractivity (Wildman–Crippen MR) is 74.0 cm³/mol. The Bertz CT molecular complexity index is 653. The summed E-state index contributed by atoms with van der Waals surface area (Å²) in [4.78, 5) is 12.0. The van der Waals surface area contributed by atoms with Gasteiger partial charge in [0.05, 0.1) is 24.1 Å². The zero-order valence-electron chi connectivity index (χ0n) is 9.94. The highest BCUT2D eigenvalue weighted by molar-refractivity contribution is 6.32. The van der Waals surface area contributed by atoms with Crippen LogP contribution in [-0.4, -0.2) is 12.5 Å².